The lowest BCUT2D eigenvalue weighted by atomic mass is 10.1. The van der Waals surface area contributed by atoms with Crippen LogP contribution in [0.5, 0.6) is 0 Å². The molecular formula is C14H26O2Si. The fourth-order valence-electron chi connectivity index (χ4n) is 1.59. The van der Waals surface area contributed by atoms with Crippen molar-refractivity contribution < 1.29 is 9.22 Å². The molecule has 0 aromatic rings. The van der Waals surface area contributed by atoms with Crippen LogP contribution in [0.1, 0.15) is 46.5 Å². The number of carbonyl (C=O) groups is 1. The minimum atomic E-state index is -1.73. The second-order valence-electron chi connectivity index (χ2n) is 6.45. The van der Waals surface area contributed by atoms with Crippen LogP contribution in [0, 0.1) is 0 Å². The molecule has 1 aliphatic rings. The Balaban J connectivity index is 2.61. The highest BCUT2D eigenvalue weighted by Crippen LogP contribution is 2.36. The van der Waals surface area contributed by atoms with Crippen molar-refractivity contribution in [1.29, 1.82) is 0 Å². The van der Waals surface area contributed by atoms with Crippen molar-refractivity contribution in [3.8, 4) is 0 Å². The zero-order valence-corrected chi connectivity index (χ0v) is 12.9. The molecule has 3 heteroatoms. The van der Waals surface area contributed by atoms with Crippen LogP contribution in [0.2, 0.25) is 18.1 Å². The van der Waals surface area contributed by atoms with Gasteiger partial charge in [0.1, 0.15) is 0 Å². The molecule has 0 saturated heterocycles. The molecule has 0 aromatic heterocycles. The first-order chi connectivity index (χ1) is 7.74. The number of ketones is 1. The van der Waals surface area contributed by atoms with Crippen LogP contribution in [0.3, 0.4) is 0 Å². The molecule has 0 amide bonds. The fourth-order valence-corrected chi connectivity index (χ4v) is 2.54. The van der Waals surface area contributed by atoms with E-state index in [9.17, 15) is 4.79 Å². The highest BCUT2D eigenvalue weighted by atomic mass is 28.4. The van der Waals surface area contributed by atoms with Gasteiger partial charge in [-0.15, -0.1) is 0 Å². The third-order valence-electron chi connectivity index (χ3n) is 4.00. The SMILES string of the molecule is CC(C)(C)[Si](C)(C)OCC1=CCCCCC1=O. The summed E-state index contributed by atoms with van der Waals surface area (Å²) in [5.74, 6) is 0.293. The molecule has 1 aliphatic carbocycles. The number of allylic oxidation sites excluding steroid dienone is 1. The van der Waals surface area contributed by atoms with Gasteiger partial charge in [0.25, 0.3) is 0 Å². The maximum atomic E-state index is 11.8. The van der Waals surface area contributed by atoms with E-state index in [1.807, 2.05) is 0 Å². The Morgan fingerprint density at radius 1 is 1.29 bits per heavy atom. The largest absolute Gasteiger partial charge is 0.412 e. The summed E-state index contributed by atoms with van der Waals surface area (Å²) in [7, 11) is -1.73. The summed E-state index contributed by atoms with van der Waals surface area (Å²) in [5.41, 5.74) is 0.910. The van der Waals surface area contributed by atoms with Crippen LogP contribution < -0.4 is 0 Å². The molecule has 0 bridgehead atoms. The smallest absolute Gasteiger partial charge is 0.192 e. The lowest BCUT2D eigenvalue weighted by Gasteiger charge is -2.36. The van der Waals surface area contributed by atoms with Crippen LogP contribution >= 0.6 is 0 Å². The maximum absolute atomic E-state index is 11.8. The molecule has 0 saturated carbocycles. The Kier molecular flexibility index (Phi) is 4.73. The van der Waals surface area contributed by atoms with Crippen molar-refractivity contribution in [1.82, 2.24) is 0 Å². The van der Waals surface area contributed by atoms with Crippen LogP contribution in [-0.2, 0) is 9.22 Å². The van der Waals surface area contributed by atoms with E-state index in [1.165, 1.54) is 0 Å². The minimum Gasteiger partial charge on any atom is -0.412 e. The highest BCUT2D eigenvalue weighted by molar-refractivity contribution is 6.74. The number of rotatable bonds is 3. The highest BCUT2D eigenvalue weighted by Gasteiger charge is 2.37. The van der Waals surface area contributed by atoms with Gasteiger partial charge in [-0.3, -0.25) is 4.79 Å². The summed E-state index contributed by atoms with van der Waals surface area (Å²) in [4.78, 5) is 11.8. The van der Waals surface area contributed by atoms with E-state index in [4.69, 9.17) is 4.43 Å². The van der Waals surface area contributed by atoms with E-state index >= 15 is 0 Å². The molecule has 0 aliphatic heterocycles. The Hall–Kier alpha value is -0.413. The van der Waals surface area contributed by atoms with E-state index in [1.54, 1.807) is 0 Å². The van der Waals surface area contributed by atoms with Crippen molar-refractivity contribution in [3.63, 3.8) is 0 Å². The van der Waals surface area contributed by atoms with Crippen molar-refractivity contribution in [2.45, 2.75) is 64.6 Å². The summed E-state index contributed by atoms with van der Waals surface area (Å²) in [6.45, 7) is 11.7. The zero-order valence-electron chi connectivity index (χ0n) is 11.9. The minimum absolute atomic E-state index is 0.210. The quantitative estimate of drug-likeness (QED) is 0.709. The topological polar surface area (TPSA) is 26.3 Å². The molecule has 0 radical (unpaired) electrons. The first kappa shape index (κ1) is 14.6. The van der Waals surface area contributed by atoms with Crippen molar-refractivity contribution in [3.05, 3.63) is 11.6 Å². The molecule has 0 N–H and O–H groups in total. The summed E-state index contributed by atoms with van der Waals surface area (Å²) < 4.78 is 6.11. The molecule has 0 atom stereocenters. The molecule has 98 valence electrons. The first-order valence-corrected chi connectivity index (χ1v) is 9.51. The zero-order chi connectivity index (χ0) is 13.1. The summed E-state index contributed by atoms with van der Waals surface area (Å²) >= 11 is 0. The second kappa shape index (κ2) is 5.49. The van der Waals surface area contributed by atoms with Crippen LogP contribution in [-0.4, -0.2) is 20.7 Å². The van der Waals surface area contributed by atoms with Crippen LogP contribution in [0.15, 0.2) is 11.6 Å². The number of hydrogen-bond donors (Lipinski definition) is 0. The molecule has 0 aromatic carbocycles. The third kappa shape index (κ3) is 4.07. The lowest BCUT2D eigenvalue weighted by Crippen LogP contribution is -2.41. The van der Waals surface area contributed by atoms with Gasteiger partial charge < -0.3 is 4.43 Å². The second-order valence-corrected chi connectivity index (χ2v) is 11.3. The van der Waals surface area contributed by atoms with E-state index < -0.39 is 8.32 Å². The molecule has 0 heterocycles. The van der Waals surface area contributed by atoms with E-state index in [-0.39, 0.29) is 5.04 Å². The molecule has 17 heavy (non-hydrogen) atoms. The van der Waals surface area contributed by atoms with Gasteiger partial charge in [-0.1, -0.05) is 26.8 Å². The summed E-state index contributed by atoms with van der Waals surface area (Å²) in [6.07, 6.45) is 5.98. The predicted octanol–water partition coefficient (Wildman–Crippen LogP) is 4.08. The molecule has 0 fully saturated rings. The monoisotopic (exact) mass is 254 g/mol. The van der Waals surface area contributed by atoms with E-state index in [0.29, 0.717) is 18.8 Å². The predicted molar refractivity (Wildman–Crippen MR) is 74.7 cm³/mol. The Morgan fingerprint density at radius 2 is 1.94 bits per heavy atom. The van der Waals surface area contributed by atoms with E-state index in [0.717, 1.165) is 24.8 Å². The van der Waals surface area contributed by atoms with Gasteiger partial charge in [-0.25, -0.2) is 0 Å². The normalized spacial score (nSPS) is 18.9. The third-order valence-corrected chi connectivity index (χ3v) is 8.48. The summed E-state index contributed by atoms with van der Waals surface area (Å²) in [6, 6.07) is 0. The van der Waals surface area contributed by atoms with Crippen molar-refractivity contribution >= 4 is 14.1 Å². The van der Waals surface area contributed by atoms with Gasteiger partial charge in [-0.05, 0) is 37.4 Å². The first-order valence-electron chi connectivity index (χ1n) is 6.60. The Bertz CT molecular complexity index is 311. The molecule has 1 rings (SSSR count). The molecule has 2 nitrogen and oxygen atoms in total. The van der Waals surface area contributed by atoms with Gasteiger partial charge in [0, 0.05) is 12.0 Å². The summed E-state index contributed by atoms with van der Waals surface area (Å²) in [5, 5.41) is 0.210. The number of hydrogen-bond acceptors (Lipinski definition) is 2. The number of carbonyl (C=O) groups excluding carboxylic acids is 1. The average molecular weight is 254 g/mol. The van der Waals surface area contributed by atoms with Gasteiger partial charge in [-0.2, -0.15) is 0 Å². The number of Topliss-reactive ketones (excluding diaryl/α,β-unsaturated/α-hetero) is 1. The van der Waals surface area contributed by atoms with Gasteiger partial charge in [0.2, 0.25) is 0 Å². The average Bonchev–Trinajstić information content (AvgIpc) is 2.38. The maximum Gasteiger partial charge on any atom is 0.192 e. The van der Waals surface area contributed by atoms with Crippen molar-refractivity contribution in [2.75, 3.05) is 6.61 Å². The Morgan fingerprint density at radius 3 is 2.53 bits per heavy atom. The van der Waals surface area contributed by atoms with Gasteiger partial charge in [0.05, 0.1) is 6.61 Å². The molecule has 0 spiro atoms. The van der Waals surface area contributed by atoms with Crippen molar-refractivity contribution in [2.24, 2.45) is 0 Å². The molecule has 0 unspecified atom stereocenters. The van der Waals surface area contributed by atoms with Crippen LogP contribution in [0.4, 0.5) is 0 Å². The lowest BCUT2D eigenvalue weighted by molar-refractivity contribution is -0.115. The molecular weight excluding hydrogens is 228 g/mol. The van der Waals surface area contributed by atoms with Crippen LogP contribution in [0.25, 0.3) is 0 Å². The van der Waals surface area contributed by atoms with Gasteiger partial charge >= 0.3 is 0 Å². The Labute approximate surface area is 107 Å². The standard InChI is InChI=1S/C14H26O2Si/c1-14(2,3)17(4,5)16-11-12-9-7-6-8-10-13(12)15/h9H,6-8,10-11H2,1-5H3. The van der Waals surface area contributed by atoms with E-state index in [2.05, 4.69) is 39.9 Å². The fraction of sp³-hybridized carbons (Fsp3) is 0.786. The van der Waals surface area contributed by atoms with Gasteiger partial charge in [0.15, 0.2) is 14.1 Å².